The summed E-state index contributed by atoms with van der Waals surface area (Å²) >= 11 is 0. The van der Waals surface area contributed by atoms with Gasteiger partial charge in [-0.05, 0) is 17.7 Å². The highest BCUT2D eigenvalue weighted by molar-refractivity contribution is 5.78. The van der Waals surface area contributed by atoms with E-state index in [-0.39, 0.29) is 19.0 Å². The van der Waals surface area contributed by atoms with Crippen molar-refractivity contribution in [2.45, 2.75) is 0 Å². The zero-order valence-corrected chi connectivity index (χ0v) is 6.98. The summed E-state index contributed by atoms with van der Waals surface area (Å²) < 4.78 is 12.4. The van der Waals surface area contributed by atoms with Gasteiger partial charge < -0.3 is 9.94 Å². The summed E-state index contributed by atoms with van der Waals surface area (Å²) in [6, 6.07) is 5.85. The van der Waals surface area contributed by atoms with E-state index in [4.69, 9.17) is 5.11 Å². The quantitative estimate of drug-likeness (QED) is 0.432. The van der Waals surface area contributed by atoms with Crippen LogP contribution >= 0.6 is 0 Å². The molecular formula is C9H10FNO2. The number of rotatable bonds is 4. The molecule has 1 N–H and O–H groups in total. The van der Waals surface area contributed by atoms with Crippen molar-refractivity contribution < 1.29 is 14.3 Å². The fourth-order valence-corrected chi connectivity index (χ4v) is 0.741. The smallest absolute Gasteiger partial charge is 0.140 e. The van der Waals surface area contributed by atoms with Crippen LogP contribution in [0.1, 0.15) is 5.56 Å². The van der Waals surface area contributed by atoms with Gasteiger partial charge in [0, 0.05) is 0 Å². The fraction of sp³-hybridized carbons (Fsp3) is 0.222. The third kappa shape index (κ3) is 3.66. The Labute approximate surface area is 75.4 Å². The summed E-state index contributed by atoms with van der Waals surface area (Å²) in [6.07, 6.45) is 1.45. The lowest BCUT2D eigenvalue weighted by Crippen LogP contribution is -1.93. The molecule has 1 rings (SSSR count). The molecule has 1 aromatic rings. The van der Waals surface area contributed by atoms with Crippen LogP contribution in [0.3, 0.4) is 0 Å². The van der Waals surface area contributed by atoms with Crippen molar-refractivity contribution in [3.8, 4) is 0 Å². The van der Waals surface area contributed by atoms with E-state index in [2.05, 4.69) is 9.99 Å². The van der Waals surface area contributed by atoms with Crippen LogP contribution in [0.15, 0.2) is 29.4 Å². The van der Waals surface area contributed by atoms with E-state index in [1.807, 2.05) is 0 Å². The molecule has 4 heteroatoms. The number of aliphatic hydroxyl groups excluding tert-OH is 1. The van der Waals surface area contributed by atoms with Crippen molar-refractivity contribution in [2.24, 2.45) is 5.16 Å². The average molecular weight is 183 g/mol. The number of nitrogens with zero attached hydrogens (tertiary/aromatic N) is 1. The molecule has 0 aliphatic carbocycles. The van der Waals surface area contributed by atoms with Crippen LogP contribution in [0.25, 0.3) is 0 Å². The van der Waals surface area contributed by atoms with Gasteiger partial charge in [-0.25, -0.2) is 4.39 Å². The van der Waals surface area contributed by atoms with Crippen LogP contribution < -0.4 is 0 Å². The van der Waals surface area contributed by atoms with E-state index < -0.39 is 0 Å². The number of hydrogen-bond acceptors (Lipinski definition) is 3. The van der Waals surface area contributed by atoms with Crippen molar-refractivity contribution >= 4 is 6.21 Å². The number of hydrogen-bond donors (Lipinski definition) is 1. The van der Waals surface area contributed by atoms with E-state index in [0.717, 1.165) is 5.56 Å². The third-order valence-corrected chi connectivity index (χ3v) is 1.33. The van der Waals surface area contributed by atoms with Crippen molar-refractivity contribution in [1.29, 1.82) is 0 Å². The van der Waals surface area contributed by atoms with Crippen molar-refractivity contribution in [3.05, 3.63) is 35.6 Å². The van der Waals surface area contributed by atoms with Gasteiger partial charge in [0.15, 0.2) is 0 Å². The molecule has 0 saturated heterocycles. The molecule has 0 saturated carbocycles. The van der Waals surface area contributed by atoms with E-state index in [1.54, 1.807) is 12.1 Å². The number of oxime groups is 1. The van der Waals surface area contributed by atoms with E-state index in [0.29, 0.717) is 0 Å². The van der Waals surface area contributed by atoms with Crippen molar-refractivity contribution in [1.82, 2.24) is 0 Å². The monoisotopic (exact) mass is 183 g/mol. The molecule has 13 heavy (non-hydrogen) atoms. The van der Waals surface area contributed by atoms with Gasteiger partial charge in [-0.3, -0.25) is 0 Å². The second-order valence-corrected chi connectivity index (χ2v) is 2.34. The second kappa shape index (κ2) is 5.27. The molecule has 0 aliphatic heterocycles. The highest BCUT2D eigenvalue weighted by Crippen LogP contribution is 1.99. The van der Waals surface area contributed by atoms with Crippen LogP contribution in [-0.4, -0.2) is 24.5 Å². The van der Waals surface area contributed by atoms with Crippen LogP contribution in [0.5, 0.6) is 0 Å². The van der Waals surface area contributed by atoms with E-state index in [9.17, 15) is 4.39 Å². The normalized spacial score (nSPS) is 10.6. The maximum atomic E-state index is 12.4. The van der Waals surface area contributed by atoms with Gasteiger partial charge in [0.2, 0.25) is 0 Å². The van der Waals surface area contributed by atoms with Crippen LogP contribution in [-0.2, 0) is 4.84 Å². The maximum Gasteiger partial charge on any atom is 0.140 e. The van der Waals surface area contributed by atoms with Gasteiger partial charge in [0.05, 0.1) is 12.8 Å². The Morgan fingerprint density at radius 2 is 2.08 bits per heavy atom. The molecule has 0 heterocycles. The minimum Gasteiger partial charge on any atom is -0.393 e. The summed E-state index contributed by atoms with van der Waals surface area (Å²) in [5.74, 6) is -0.284. The Balaban J connectivity index is 2.44. The van der Waals surface area contributed by atoms with Crippen molar-refractivity contribution in [3.63, 3.8) is 0 Å². The maximum absolute atomic E-state index is 12.4. The molecule has 0 spiro atoms. The SMILES string of the molecule is OCCO/N=C/c1ccc(F)cc1. The molecule has 0 radical (unpaired) electrons. The number of aliphatic hydroxyl groups is 1. The molecule has 0 unspecified atom stereocenters. The largest absolute Gasteiger partial charge is 0.393 e. The predicted molar refractivity (Wildman–Crippen MR) is 47.0 cm³/mol. The molecule has 70 valence electrons. The number of benzene rings is 1. The van der Waals surface area contributed by atoms with E-state index >= 15 is 0 Å². The topological polar surface area (TPSA) is 41.8 Å². The Morgan fingerprint density at radius 3 is 2.69 bits per heavy atom. The molecular weight excluding hydrogens is 173 g/mol. The predicted octanol–water partition coefficient (Wildman–Crippen LogP) is 1.17. The molecule has 0 bridgehead atoms. The lowest BCUT2D eigenvalue weighted by molar-refractivity contribution is 0.0997. The van der Waals surface area contributed by atoms with Gasteiger partial charge >= 0.3 is 0 Å². The Morgan fingerprint density at radius 1 is 1.38 bits per heavy atom. The van der Waals surface area contributed by atoms with Crippen LogP contribution in [0.4, 0.5) is 4.39 Å². The minimum atomic E-state index is -0.284. The summed E-state index contributed by atoms with van der Waals surface area (Å²) in [6.45, 7) is 0.0957. The molecule has 1 aromatic carbocycles. The summed E-state index contributed by atoms with van der Waals surface area (Å²) in [7, 11) is 0. The zero-order valence-electron chi connectivity index (χ0n) is 6.98. The molecule has 0 fully saturated rings. The first kappa shape index (κ1) is 9.67. The molecule has 0 aromatic heterocycles. The highest BCUT2D eigenvalue weighted by atomic mass is 19.1. The van der Waals surface area contributed by atoms with Crippen LogP contribution in [0, 0.1) is 5.82 Å². The third-order valence-electron chi connectivity index (χ3n) is 1.33. The average Bonchev–Trinajstić information content (AvgIpc) is 2.15. The van der Waals surface area contributed by atoms with Gasteiger partial charge in [-0.1, -0.05) is 17.3 Å². The first-order valence-corrected chi connectivity index (χ1v) is 3.84. The molecule has 0 aliphatic rings. The summed E-state index contributed by atoms with van der Waals surface area (Å²) in [5.41, 5.74) is 0.749. The van der Waals surface area contributed by atoms with Crippen molar-refractivity contribution in [2.75, 3.05) is 13.2 Å². The van der Waals surface area contributed by atoms with Gasteiger partial charge in [0.1, 0.15) is 12.4 Å². The summed E-state index contributed by atoms with van der Waals surface area (Å²) in [4.78, 5) is 4.64. The molecule has 0 atom stereocenters. The highest BCUT2D eigenvalue weighted by Gasteiger charge is 1.89. The summed E-state index contributed by atoms with van der Waals surface area (Å²) in [5, 5.41) is 11.9. The van der Waals surface area contributed by atoms with E-state index in [1.165, 1.54) is 18.3 Å². The second-order valence-electron chi connectivity index (χ2n) is 2.34. The van der Waals surface area contributed by atoms with Gasteiger partial charge in [-0.15, -0.1) is 0 Å². The zero-order chi connectivity index (χ0) is 9.52. The minimum absolute atomic E-state index is 0.0687. The first-order chi connectivity index (χ1) is 6.33. The number of halogens is 1. The molecule has 0 amide bonds. The fourth-order valence-electron chi connectivity index (χ4n) is 0.741. The Bertz CT molecular complexity index is 271. The Hall–Kier alpha value is -1.42. The lowest BCUT2D eigenvalue weighted by Gasteiger charge is -1.94. The first-order valence-electron chi connectivity index (χ1n) is 3.84. The lowest BCUT2D eigenvalue weighted by atomic mass is 10.2. The van der Waals surface area contributed by atoms with Crippen LogP contribution in [0.2, 0.25) is 0 Å². The molecule has 3 nitrogen and oxygen atoms in total. The standard InChI is InChI=1S/C9H10FNO2/c10-9-3-1-8(2-4-9)7-11-13-6-5-12/h1-4,7,12H,5-6H2/b11-7+. The van der Waals surface area contributed by atoms with Gasteiger partial charge in [0.25, 0.3) is 0 Å². The van der Waals surface area contributed by atoms with Gasteiger partial charge in [-0.2, -0.15) is 0 Å². The Kier molecular flexibility index (Phi) is 3.92.